The molecule has 0 spiro atoms. The number of nitrogens with zero attached hydrogens (tertiary/aromatic N) is 2. The maximum atomic E-state index is 4.59. The quantitative estimate of drug-likeness (QED) is 0.646. The first kappa shape index (κ1) is 7.13. The van der Waals surface area contributed by atoms with Gasteiger partial charge in [-0.1, -0.05) is 18.2 Å². The third-order valence-corrected chi connectivity index (χ3v) is 2.75. The van der Waals surface area contributed by atoms with Gasteiger partial charge in [0.05, 0.1) is 11.6 Å². The Hall–Kier alpha value is -1.31. The third-order valence-electron chi connectivity index (χ3n) is 2.75. The van der Waals surface area contributed by atoms with E-state index in [2.05, 4.69) is 34.9 Å². The summed E-state index contributed by atoms with van der Waals surface area (Å²) in [4.78, 5) is 0. The predicted molar refractivity (Wildman–Crippen MR) is 52.7 cm³/mol. The summed E-state index contributed by atoms with van der Waals surface area (Å²) in [5.74, 6) is 0. The molecule has 0 unspecified atom stereocenters. The molecule has 13 heavy (non-hydrogen) atoms. The standard InChI is InChI=1S/C11H12N2/c1-8-10-4-2-3-5-11(10)12-13(8)9-6-7-9/h2-5,9H,6-7H2,1H3. The topological polar surface area (TPSA) is 17.8 Å². The van der Waals surface area contributed by atoms with Crippen LogP contribution in [0.3, 0.4) is 0 Å². The van der Waals surface area contributed by atoms with Crippen molar-refractivity contribution < 1.29 is 0 Å². The Morgan fingerprint density at radius 1 is 1.31 bits per heavy atom. The highest BCUT2D eigenvalue weighted by molar-refractivity contribution is 5.81. The monoisotopic (exact) mass is 172 g/mol. The van der Waals surface area contributed by atoms with Crippen LogP contribution in [0.2, 0.25) is 0 Å². The second-order valence-electron chi connectivity index (χ2n) is 3.78. The van der Waals surface area contributed by atoms with Gasteiger partial charge in [-0.3, -0.25) is 4.68 Å². The Morgan fingerprint density at radius 2 is 2.08 bits per heavy atom. The van der Waals surface area contributed by atoms with Gasteiger partial charge in [-0.15, -0.1) is 0 Å². The molecule has 66 valence electrons. The maximum Gasteiger partial charge on any atom is 0.0926 e. The Kier molecular flexibility index (Phi) is 1.29. The summed E-state index contributed by atoms with van der Waals surface area (Å²) >= 11 is 0. The summed E-state index contributed by atoms with van der Waals surface area (Å²) < 4.78 is 2.19. The summed E-state index contributed by atoms with van der Waals surface area (Å²) in [7, 11) is 0. The minimum atomic E-state index is 0.687. The van der Waals surface area contributed by atoms with Crippen LogP contribution in [-0.2, 0) is 0 Å². The van der Waals surface area contributed by atoms with Crippen molar-refractivity contribution in [3.05, 3.63) is 30.0 Å². The van der Waals surface area contributed by atoms with E-state index in [1.54, 1.807) is 0 Å². The highest BCUT2D eigenvalue weighted by Gasteiger charge is 2.26. The fraction of sp³-hybridized carbons (Fsp3) is 0.364. The van der Waals surface area contributed by atoms with Gasteiger partial charge < -0.3 is 0 Å². The molecule has 0 atom stereocenters. The van der Waals surface area contributed by atoms with E-state index in [0.717, 1.165) is 5.52 Å². The van der Waals surface area contributed by atoms with E-state index in [4.69, 9.17) is 0 Å². The zero-order valence-corrected chi connectivity index (χ0v) is 7.70. The van der Waals surface area contributed by atoms with Gasteiger partial charge in [0.25, 0.3) is 0 Å². The summed E-state index contributed by atoms with van der Waals surface area (Å²) in [6.07, 6.45) is 2.60. The van der Waals surface area contributed by atoms with Crippen molar-refractivity contribution >= 4 is 10.9 Å². The fourth-order valence-electron chi connectivity index (χ4n) is 1.86. The molecule has 2 heteroatoms. The van der Waals surface area contributed by atoms with Crippen molar-refractivity contribution in [1.29, 1.82) is 0 Å². The summed E-state index contributed by atoms with van der Waals surface area (Å²) in [5, 5.41) is 5.89. The zero-order valence-electron chi connectivity index (χ0n) is 7.70. The number of rotatable bonds is 1. The van der Waals surface area contributed by atoms with Gasteiger partial charge in [0.1, 0.15) is 0 Å². The number of aromatic nitrogens is 2. The Labute approximate surface area is 77.2 Å². The Morgan fingerprint density at radius 3 is 2.77 bits per heavy atom. The first-order valence-corrected chi connectivity index (χ1v) is 4.80. The van der Waals surface area contributed by atoms with Crippen LogP contribution < -0.4 is 0 Å². The van der Waals surface area contributed by atoms with E-state index >= 15 is 0 Å². The average Bonchev–Trinajstić information content (AvgIpc) is 2.94. The molecule has 1 saturated carbocycles. The summed E-state index contributed by atoms with van der Waals surface area (Å²) in [6.45, 7) is 2.16. The molecule has 1 fully saturated rings. The Balaban J connectivity index is 2.30. The molecule has 3 rings (SSSR count). The smallest absolute Gasteiger partial charge is 0.0926 e. The molecular weight excluding hydrogens is 160 g/mol. The van der Waals surface area contributed by atoms with E-state index in [1.807, 2.05) is 6.07 Å². The molecule has 0 amide bonds. The minimum absolute atomic E-state index is 0.687. The van der Waals surface area contributed by atoms with Crippen LogP contribution in [0.15, 0.2) is 24.3 Å². The van der Waals surface area contributed by atoms with E-state index in [0.29, 0.717) is 6.04 Å². The molecule has 1 aliphatic carbocycles. The van der Waals surface area contributed by atoms with Crippen molar-refractivity contribution in [2.24, 2.45) is 0 Å². The van der Waals surface area contributed by atoms with Crippen LogP contribution >= 0.6 is 0 Å². The van der Waals surface area contributed by atoms with E-state index in [9.17, 15) is 0 Å². The zero-order chi connectivity index (χ0) is 8.84. The lowest BCUT2D eigenvalue weighted by atomic mass is 10.2. The van der Waals surface area contributed by atoms with Crippen molar-refractivity contribution in [2.75, 3.05) is 0 Å². The number of fused-ring (bicyclic) bond motifs is 1. The molecule has 0 aliphatic heterocycles. The van der Waals surface area contributed by atoms with Crippen LogP contribution in [0.5, 0.6) is 0 Å². The minimum Gasteiger partial charge on any atom is -0.266 e. The van der Waals surface area contributed by atoms with Gasteiger partial charge in [0.2, 0.25) is 0 Å². The predicted octanol–water partition coefficient (Wildman–Crippen LogP) is 2.68. The van der Waals surface area contributed by atoms with Crippen LogP contribution in [-0.4, -0.2) is 9.78 Å². The molecule has 0 radical (unpaired) electrons. The maximum absolute atomic E-state index is 4.59. The molecule has 1 heterocycles. The molecule has 2 aromatic rings. The molecular formula is C11H12N2. The van der Waals surface area contributed by atoms with E-state index < -0.39 is 0 Å². The summed E-state index contributed by atoms with van der Waals surface area (Å²) in [5.41, 5.74) is 2.45. The van der Waals surface area contributed by atoms with Crippen molar-refractivity contribution in [3.8, 4) is 0 Å². The third kappa shape index (κ3) is 0.981. The van der Waals surface area contributed by atoms with Crippen LogP contribution in [0.25, 0.3) is 10.9 Å². The van der Waals surface area contributed by atoms with E-state index in [1.165, 1.54) is 23.9 Å². The molecule has 0 saturated heterocycles. The molecule has 1 aliphatic rings. The molecule has 1 aromatic carbocycles. The lowest BCUT2D eigenvalue weighted by Gasteiger charge is -1.98. The first-order valence-electron chi connectivity index (χ1n) is 4.80. The van der Waals surface area contributed by atoms with Crippen LogP contribution in [0, 0.1) is 6.92 Å². The second-order valence-corrected chi connectivity index (χ2v) is 3.78. The second kappa shape index (κ2) is 2.34. The number of hydrogen-bond acceptors (Lipinski definition) is 1. The fourth-order valence-corrected chi connectivity index (χ4v) is 1.86. The van der Waals surface area contributed by atoms with Gasteiger partial charge in [0.15, 0.2) is 0 Å². The van der Waals surface area contributed by atoms with Crippen molar-refractivity contribution in [2.45, 2.75) is 25.8 Å². The SMILES string of the molecule is Cc1c2ccccc2nn1C1CC1. The van der Waals surface area contributed by atoms with Crippen molar-refractivity contribution in [1.82, 2.24) is 9.78 Å². The van der Waals surface area contributed by atoms with E-state index in [-0.39, 0.29) is 0 Å². The first-order chi connectivity index (χ1) is 6.36. The number of benzene rings is 1. The van der Waals surface area contributed by atoms with Gasteiger partial charge >= 0.3 is 0 Å². The lowest BCUT2D eigenvalue weighted by Crippen LogP contribution is -1.97. The van der Waals surface area contributed by atoms with Crippen molar-refractivity contribution in [3.63, 3.8) is 0 Å². The normalized spacial score (nSPS) is 16.7. The van der Waals surface area contributed by atoms with Crippen LogP contribution in [0.1, 0.15) is 24.6 Å². The van der Waals surface area contributed by atoms with Gasteiger partial charge in [0, 0.05) is 11.1 Å². The lowest BCUT2D eigenvalue weighted by molar-refractivity contribution is 0.630. The Bertz CT molecular complexity index is 452. The highest BCUT2D eigenvalue weighted by atomic mass is 15.3. The van der Waals surface area contributed by atoms with Gasteiger partial charge in [-0.05, 0) is 25.8 Å². The molecule has 0 bridgehead atoms. The van der Waals surface area contributed by atoms with Gasteiger partial charge in [-0.2, -0.15) is 5.10 Å². The molecule has 1 aromatic heterocycles. The van der Waals surface area contributed by atoms with Crippen LogP contribution in [0.4, 0.5) is 0 Å². The number of hydrogen-bond donors (Lipinski definition) is 0. The van der Waals surface area contributed by atoms with Gasteiger partial charge in [-0.25, -0.2) is 0 Å². The average molecular weight is 172 g/mol. The number of aryl methyl sites for hydroxylation is 1. The highest BCUT2D eigenvalue weighted by Crippen LogP contribution is 2.36. The largest absolute Gasteiger partial charge is 0.266 e. The summed E-state index contributed by atoms with van der Waals surface area (Å²) in [6, 6.07) is 9.05. The molecule has 0 N–H and O–H groups in total. The molecule has 2 nitrogen and oxygen atoms in total.